The van der Waals surface area contributed by atoms with Gasteiger partial charge >= 0.3 is 6.03 Å². The minimum Gasteiger partial charge on any atom is -0.320 e. The van der Waals surface area contributed by atoms with Gasteiger partial charge in [0.15, 0.2) is 0 Å². The van der Waals surface area contributed by atoms with Crippen LogP contribution in [0.4, 0.5) is 20.6 Å². The zero-order valence-corrected chi connectivity index (χ0v) is 17.2. The lowest BCUT2D eigenvalue weighted by molar-refractivity contribution is 0.102. The molecule has 1 atom stereocenters. The Morgan fingerprint density at radius 2 is 1.87 bits per heavy atom. The van der Waals surface area contributed by atoms with Crippen LogP contribution >= 0.6 is 22.9 Å². The van der Waals surface area contributed by atoms with Gasteiger partial charge in [0.1, 0.15) is 10.8 Å². The molecule has 0 aliphatic carbocycles. The minimum atomic E-state index is -0.501. The van der Waals surface area contributed by atoms with Crippen molar-refractivity contribution in [2.75, 3.05) is 17.2 Å². The number of para-hydroxylation sites is 1. The first-order valence-corrected chi connectivity index (χ1v) is 10.4. The average Bonchev–Trinajstić information content (AvgIpc) is 3.40. The first-order valence-electron chi connectivity index (χ1n) is 9.24. The molecule has 10 heteroatoms. The molecule has 30 heavy (non-hydrogen) atoms. The lowest BCUT2D eigenvalue weighted by atomic mass is 10.2. The number of amides is 3. The molecular formula is C20H17ClFN5O2S. The molecule has 2 heterocycles. The van der Waals surface area contributed by atoms with Crippen molar-refractivity contribution < 1.29 is 14.0 Å². The summed E-state index contributed by atoms with van der Waals surface area (Å²) in [6, 6.07) is 12.0. The van der Waals surface area contributed by atoms with E-state index in [4.69, 9.17) is 11.6 Å². The van der Waals surface area contributed by atoms with Gasteiger partial charge in [-0.15, -0.1) is 10.2 Å². The lowest BCUT2D eigenvalue weighted by Crippen LogP contribution is -2.34. The van der Waals surface area contributed by atoms with E-state index in [1.54, 1.807) is 41.3 Å². The molecule has 0 saturated carbocycles. The number of nitrogens with zero attached hydrogens (tertiary/aromatic N) is 3. The van der Waals surface area contributed by atoms with E-state index in [9.17, 15) is 14.0 Å². The Bertz CT molecular complexity index is 1080. The maximum atomic E-state index is 13.8. The molecule has 1 saturated heterocycles. The number of urea groups is 1. The smallest absolute Gasteiger partial charge is 0.320 e. The van der Waals surface area contributed by atoms with Crippen LogP contribution in [0.2, 0.25) is 5.02 Å². The number of carbonyl (C=O) groups excluding carboxylic acids is 2. The van der Waals surface area contributed by atoms with E-state index >= 15 is 0 Å². The van der Waals surface area contributed by atoms with Crippen molar-refractivity contribution in [3.05, 3.63) is 69.4 Å². The average molecular weight is 446 g/mol. The molecular weight excluding hydrogens is 429 g/mol. The zero-order valence-electron chi connectivity index (χ0n) is 15.6. The first kappa shape index (κ1) is 20.2. The molecule has 3 amide bonds. The highest BCUT2D eigenvalue weighted by Crippen LogP contribution is 2.34. The van der Waals surface area contributed by atoms with Crippen molar-refractivity contribution in [2.45, 2.75) is 18.9 Å². The van der Waals surface area contributed by atoms with Gasteiger partial charge in [-0.3, -0.25) is 4.79 Å². The topological polar surface area (TPSA) is 87.2 Å². The van der Waals surface area contributed by atoms with Crippen molar-refractivity contribution in [1.29, 1.82) is 0 Å². The fourth-order valence-electron chi connectivity index (χ4n) is 3.19. The Hall–Kier alpha value is -3.04. The van der Waals surface area contributed by atoms with Crippen molar-refractivity contribution in [3.63, 3.8) is 0 Å². The molecule has 1 aliphatic heterocycles. The summed E-state index contributed by atoms with van der Waals surface area (Å²) in [7, 11) is 0. The second-order valence-corrected chi connectivity index (χ2v) is 8.11. The monoisotopic (exact) mass is 445 g/mol. The second kappa shape index (κ2) is 8.76. The number of likely N-dealkylation sites (tertiary alicyclic amines) is 1. The van der Waals surface area contributed by atoms with Gasteiger partial charge in [0.05, 0.1) is 11.7 Å². The number of anilines is 2. The summed E-state index contributed by atoms with van der Waals surface area (Å²) in [5.74, 6) is -0.889. The molecule has 1 aliphatic rings. The lowest BCUT2D eigenvalue weighted by Gasteiger charge is -2.23. The molecule has 1 fully saturated rings. The number of carbonyl (C=O) groups is 2. The second-order valence-electron chi connectivity index (χ2n) is 6.67. The predicted octanol–water partition coefficient (Wildman–Crippen LogP) is 4.95. The number of halogens is 2. The van der Waals surface area contributed by atoms with Crippen molar-refractivity contribution in [1.82, 2.24) is 15.1 Å². The molecule has 0 spiro atoms. The third-order valence-corrected chi connectivity index (χ3v) is 5.93. The van der Waals surface area contributed by atoms with Crippen LogP contribution in [0.3, 0.4) is 0 Å². The molecule has 2 aromatic carbocycles. The van der Waals surface area contributed by atoms with E-state index in [0.29, 0.717) is 28.7 Å². The standard InChI is InChI=1S/C20H17ClFN5O2S/c21-12-7-9-13(10-8-12)23-17(28)19-26-25-18(30-19)16-6-3-11-27(16)20(29)24-15-5-2-1-4-14(15)22/h1-2,4-5,7-10,16H,3,6,11H2,(H,23,28)(H,24,29)/t16-/m0/s1. The quantitative estimate of drug-likeness (QED) is 0.594. The van der Waals surface area contributed by atoms with Crippen molar-refractivity contribution in [2.24, 2.45) is 0 Å². The minimum absolute atomic E-state index is 0.119. The van der Waals surface area contributed by atoms with Gasteiger partial charge in [-0.2, -0.15) is 0 Å². The fraction of sp³-hybridized carbons (Fsp3) is 0.200. The maximum absolute atomic E-state index is 13.8. The molecule has 3 aromatic rings. The van der Waals surface area contributed by atoms with Crippen LogP contribution in [0.15, 0.2) is 48.5 Å². The van der Waals surface area contributed by atoms with Gasteiger partial charge in [0.2, 0.25) is 5.01 Å². The summed E-state index contributed by atoms with van der Waals surface area (Å²) in [5.41, 5.74) is 0.710. The Labute approximate surface area is 180 Å². The van der Waals surface area contributed by atoms with E-state index in [1.165, 1.54) is 12.1 Å². The van der Waals surface area contributed by atoms with Crippen molar-refractivity contribution >= 4 is 46.3 Å². The summed E-state index contributed by atoms with van der Waals surface area (Å²) in [4.78, 5) is 26.7. The molecule has 0 unspecified atom stereocenters. The number of hydrogen-bond acceptors (Lipinski definition) is 5. The largest absolute Gasteiger partial charge is 0.322 e. The number of benzene rings is 2. The van der Waals surface area contributed by atoms with E-state index in [2.05, 4.69) is 20.8 Å². The summed E-state index contributed by atoms with van der Waals surface area (Å²) in [6.07, 6.45) is 1.47. The number of nitrogens with one attached hydrogen (secondary N) is 2. The van der Waals surface area contributed by atoms with Crippen LogP contribution in [-0.2, 0) is 0 Å². The number of hydrogen-bond donors (Lipinski definition) is 2. The molecule has 2 N–H and O–H groups in total. The molecule has 7 nitrogen and oxygen atoms in total. The molecule has 4 rings (SSSR count). The summed E-state index contributed by atoms with van der Waals surface area (Å²) < 4.78 is 13.8. The summed E-state index contributed by atoms with van der Waals surface area (Å²) in [6.45, 7) is 0.511. The fourth-order valence-corrected chi connectivity index (χ4v) is 4.21. The molecule has 154 valence electrons. The normalized spacial score (nSPS) is 15.8. The van der Waals surface area contributed by atoms with Gasteiger partial charge < -0.3 is 15.5 Å². The molecule has 1 aromatic heterocycles. The van der Waals surface area contributed by atoms with E-state index in [0.717, 1.165) is 17.8 Å². The Balaban J connectivity index is 1.45. The van der Waals surface area contributed by atoms with Crippen molar-refractivity contribution in [3.8, 4) is 0 Å². The van der Waals surface area contributed by atoms with Gasteiger partial charge in [0, 0.05) is 17.3 Å². The Morgan fingerprint density at radius 1 is 1.10 bits per heavy atom. The first-order chi connectivity index (χ1) is 14.5. The van der Waals surface area contributed by atoms with Crippen LogP contribution in [-0.4, -0.2) is 33.6 Å². The number of aromatic nitrogens is 2. The SMILES string of the molecule is O=C(Nc1ccc(Cl)cc1)c1nnc([C@@H]2CCCN2C(=O)Nc2ccccc2F)s1. The highest BCUT2D eigenvalue weighted by atomic mass is 35.5. The van der Waals surface area contributed by atoms with E-state index < -0.39 is 11.8 Å². The highest BCUT2D eigenvalue weighted by Gasteiger charge is 2.33. The van der Waals surface area contributed by atoms with Crippen LogP contribution in [0.5, 0.6) is 0 Å². The highest BCUT2D eigenvalue weighted by molar-refractivity contribution is 7.13. The zero-order chi connectivity index (χ0) is 21.1. The van der Waals surface area contributed by atoms with Crippen LogP contribution < -0.4 is 10.6 Å². The predicted molar refractivity (Wildman–Crippen MR) is 113 cm³/mol. The number of rotatable bonds is 4. The van der Waals surface area contributed by atoms with E-state index in [1.807, 2.05) is 0 Å². The van der Waals surface area contributed by atoms with Gasteiger partial charge in [-0.1, -0.05) is 35.1 Å². The molecule has 0 bridgehead atoms. The van der Waals surface area contributed by atoms with Gasteiger partial charge in [0.25, 0.3) is 5.91 Å². The Morgan fingerprint density at radius 3 is 2.63 bits per heavy atom. The molecule has 0 radical (unpaired) electrons. The Kier molecular flexibility index (Phi) is 5.91. The van der Waals surface area contributed by atoms with Gasteiger partial charge in [-0.25, -0.2) is 9.18 Å². The van der Waals surface area contributed by atoms with Crippen LogP contribution in [0.25, 0.3) is 0 Å². The summed E-state index contributed by atoms with van der Waals surface area (Å²) in [5, 5.41) is 14.8. The van der Waals surface area contributed by atoms with Crippen LogP contribution in [0.1, 0.15) is 33.7 Å². The van der Waals surface area contributed by atoms with Crippen LogP contribution in [0, 0.1) is 5.82 Å². The maximum Gasteiger partial charge on any atom is 0.322 e. The third kappa shape index (κ3) is 4.42. The summed E-state index contributed by atoms with van der Waals surface area (Å²) >= 11 is 6.98. The third-order valence-electron chi connectivity index (χ3n) is 4.65. The van der Waals surface area contributed by atoms with Gasteiger partial charge in [-0.05, 0) is 49.2 Å². The van der Waals surface area contributed by atoms with E-state index in [-0.39, 0.29) is 22.6 Å².